The number of carbonyl (C=O) groups excluding carboxylic acids is 1. The fourth-order valence-corrected chi connectivity index (χ4v) is 6.48. The fraction of sp³-hybridized carbons (Fsp3) is 0.438. The van der Waals surface area contributed by atoms with Crippen molar-refractivity contribution in [2.24, 2.45) is 5.92 Å². The maximum atomic E-state index is 12.6. The van der Waals surface area contributed by atoms with Crippen LogP contribution in [0, 0.1) is 5.92 Å². The minimum Gasteiger partial charge on any atom is -0.477 e. The highest BCUT2D eigenvalue weighted by Gasteiger charge is 2.62. The summed E-state index contributed by atoms with van der Waals surface area (Å²) >= 11 is 1.35. The summed E-state index contributed by atoms with van der Waals surface area (Å²) < 4.78 is 30.0. The van der Waals surface area contributed by atoms with E-state index in [0.29, 0.717) is 18.0 Å². The van der Waals surface area contributed by atoms with E-state index in [0.717, 1.165) is 0 Å². The Morgan fingerprint density at radius 2 is 2.20 bits per heavy atom. The second-order valence-corrected chi connectivity index (χ2v) is 9.55. The third-order valence-electron chi connectivity index (χ3n) is 5.02. The first-order chi connectivity index (χ1) is 12.0. The van der Waals surface area contributed by atoms with Crippen molar-refractivity contribution < 1.29 is 17.9 Å². The summed E-state index contributed by atoms with van der Waals surface area (Å²) in [5.41, 5.74) is 1.97. The summed E-state index contributed by atoms with van der Waals surface area (Å²) in [5, 5.41) is 1.68. The first kappa shape index (κ1) is 16.5. The number of sulfone groups is 1. The number of ether oxygens (including phenoxy) is 1. The molecule has 0 bridgehead atoms. The lowest BCUT2D eigenvalue weighted by Crippen LogP contribution is -2.69. The molecule has 0 radical (unpaired) electrons. The van der Waals surface area contributed by atoms with Crippen molar-refractivity contribution in [1.82, 2.24) is 14.9 Å². The number of nitrogens with zero attached hydrogens (tertiary/aromatic N) is 3. The quantitative estimate of drug-likeness (QED) is 0.794. The van der Waals surface area contributed by atoms with Gasteiger partial charge in [-0.15, -0.1) is 11.3 Å². The van der Waals surface area contributed by atoms with E-state index in [-0.39, 0.29) is 37.3 Å². The van der Waals surface area contributed by atoms with Gasteiger partial charge in [-0.25, -0.2) is 18.4 Å². The Kier molecular flexibility index (Phi) is 3.99. The van der Waals surface area contributed by atoms with Crippen LogP contribution in [0.1, 0.15) is 16.9 Å². The van der Waals surface area contributed by atoms with E-state index in [1.165, 1.54) is 11.3 Å². The fourth-order valence-electron chi connectivity index (χ4n) is 3.55. The first-order valence-corrected chi connectivity index (χ1v) is 10.5. The molecular formula is C16H17N3O4S2. The number of rotatable bonds is 4. The van der Waals surface area contributed by atoms with E-state index in [4.69, 9.17) is 4.74 Å². The minimum absolute atomic E-state index is 0.140. The van der Waals surface area contributed by atoms with E-state index >= 15 is 0 Å². The zero-order valence-electron chi connectivity index (χ0n) is 13.4. The molecule has 4 heterocycles. The van der Waals surface area contributed by atoms with Crippen LogP contribution in [-0.4, -0.2) is 59.4 Å². The molecule has 2 fully saturated rings. The van der Waals surface area contributed by atoms with Gasteiger partial charge in [-0.2, -0.15) is 0 Å². The van der Waals surface area contributed by atoms with Crippen molar-refractivity contribution in [3.63, 3.8) is 0 Å². The van der Waals surface area contributed by atoms with Crippen molar-refractivity contribution >= 4 is 27.1 Å². The van der Waals surface area contributed by atoms with Gasteiger partial charge in [-0.3, -0.25) is 4.79 Å². The van der Waals surface area contributed by atoms with Crippen LogP contribution in [0.4, 0.5) is 0 Å². The molecule has 0 saturated carbocycles. The smallest absolute Gasteiger partial charge is 0.273 e. The number of amides is 1. The molecule has 0 aromatic carbocycles. The molecule has 2 aliphatic heterocycles. The summed E-state index contributed by atoms with van der Waals surface area (Å²) in [4.78, 5) is 22.0. The first-order valence-electron chi connectivity index (χ1n) is 7.95. The largest absolute Gasteiger partial charge is 0.477 e. The van der Waals surface area contributed by atoms with Crippen LogP contribution in [-0.2, 0) is 9.84 Å². The highest BCUT2D eigenvalue weighted by atomic mass is 32.2. The predicted octanol–water partition coefficient (Wildman–Crippen LogP) is 1.25. The molecule has 1 unspecified atom stereocenters. The molecule has 25 heavy (non-hydrogen) atoms. The third-order valence-corrected chi connectivity index (χ3v) is 8.21. The lowest BCUT2D eigenvalue weighted by Gasteiger charge is -2.49. The van der Waals surface area contributed by atoms with Crippen LogP contribution in [0.5, 0.6) is 5.88 Å². The summed E-state index contributed by atoms with van der Waals surface area (Å²) in [6.45, 7) is 0.707. The topological polar surface area (TPSA) is 89.5 Å². The second kappa shape index (κ2) is 6.06. The lowest BCUT2D eigenvalue weighted by molar-refractivity contribution is 0.0402. The van der Waals surface area contributed by atoms with Gasteiger partial charge in [0.1, 0.15) is 10.4 Å². The van der Waals surface area contributed by atoms with Crippen molar-refractivity contribution in [2.75, 3.05) is 25.4 Å². The number of likely N-dealkylation sites (tertiary alicyclic amines) is 1. The van der Waals surface area contributed by atoms with Crippen LogP contribution in [0.2, 0.25) is 0 Å². The van der Waals surface area contributed by atoms with Gasteiger partial charge < -0.3 is 9.64 Å². The highest BCUT2D eigenvalue weighted by Crippen LogP contribution is 2.45. The highest BCUT2D eigenvalue weighted by molar-refractivity contribution is 7.93. The number of pyridine rings is 1. The zero-order valence-corrected chi connectivity index (χ0v) is 15.0. The van der Waals surface area contributed by atoms with Gasteiger partial charge in [-0.1, -0.05) is 6.07 Å². The minimum atomic E-state index is -3.25. The van der Waals surface area contributed by atoms with E-state index in [2.05, 4.69) is 9.97 Å². The summed E-state index contributed by atoms with van der Waals surface area (Å²) in [6, 6.07) is 5.36. The monoisotopic (exact) mass is 379 g/mol. The van der Waals surface area contributed by atoms with Gasteiger partial charge in [0.25, 0.3) is 5.91 Å². The Balaban J connectivity index is 1.47. The SMILES string of the molecule is O=C(c1cscn1)N1CC2(C1)C(COc1ccccn1)CCS2(=O)=O. The van der Waals surface area contributed by atoms with Crippen LogP contribution in [0.3, 0.4) is 0 Å². The Hall–Kier alpha value is -2.00. The van der Waals surface area contributed by atoms with E-state index in [1.807, 2.05) is 6.07 Å². The Labute approximate surface area is 149 Å². The number of hydrogen-bond acceptors (Lipinski definition) is 7. The summed E-state index contributed by atoms with van der Waals surface area (Å²) in [5.74, 6) is 0.274. The Morgan fingerprint density at radius 3 is 2.88 bits per heavy atom. The van der Waals surface area contributed by atoms with Crippen LogP contribution >= 0.6 is 11.3 Å². The number of aromatic nitrogens is 2. The Bertz CT molecular complexity index is 862. The van der Waals surface area contributed by atoms with Crippen LogP contribution in [0.25, 0.3) is 0 Å². The van der Waals surface area contributed by atoms with Gasteiger partial charge in [0.2, 0.25) is 5.88 Å². The summed E-state index contributed by atoms with van der Waals surface area (Å²) in [6.07, 6.45) is 2.18. The molecule has 0 N–H and O–H groups in total. The number of thiazole rings is 1. The molecule has 2 aromatic rings. The van der Waals surface area contributed by atoms with Crippen molar-refractivity contribution in [2.45, 2.75) is 11.2 Å². The van der Waals surface area contributed by atoms with Crippen molar-refractivity contribution in [3.8, 4) is 5.88 Å². The van der Waals surface area contributed by atoms with Gasteiger partial charge in [0.15, 0.2) is 9.84 Å². The summed E-state index contributed by atoms with van der Waals surface area (Å²) in [7, 11) is -3.25. The molecule has 7 nitrogen and oxygen atoms in total. The van der Waals surface area contributed by atoms with Gasteiger partial charge in [0.05, 0.1) is 17.9 Å². The van der Waals surface area contributed by atoms with Crippen LogP contribution < -0.4 is 4.74 Å². The average Bonchev–Trinajstić information content (AvgIpc) is 3.18. The van der Waals surface area contributed by atoms with Crippen molar-refractivity contribution in [3.05, 3.63) is 41.0 Å². The second-order valence-electron chi connectivity index (χ2n) is 6.38. The van der Waals surface area contributed by atoms with E-state index in [1.54, 1.807) is 34.1 Å². The standard InChI is InChI=1S/C16H17N3O4S2/c20-15(13-8-24-11-18-13)19-9-16(10-19)12(4-6-25(16,21)22)7-23-14-3-1-2-5-17-14/h1-3,5,8,11-12H,4,6-7,9-10H2. The van der Waals surface area contributed by atoms with E-state index in [9.17, 15) is 13.2 Å². The molecule has 0 aliphatic carbocycles. The molecule has 4 rings (SSSR count). The number of hydrogen-bond donors (Lipinski definition) is 0. The van der Waals surface area contributed by atoms with Gasteiger partial charge in [-0.05, 0) is 12.5 Å². The molecule has 1 spiro atoms. The van der Waals surface area contributed by atoms with Gasteiger partial charge >= 0.3 is 0 Å². The normalized spacial score (nSPS) is 23.4. The third kappa shape index (κ3) is 2.71. The Morgan fingerprint density at radius 1 is 1.36 bits per heavy atom. The molecule has 132 valence electrons. The molecular weight excluding hydrogens is 362 g/mol. The molecule has 1 atom stereocenters. The maximum absolute atomic E-state index is 12.6. The van der Waals surface area contributed by atoms with Gasteiger partial charge in [0, 0.05) is 36.7 Å². The van der Waals surface area contributed by atoms with Crippen molar-refractivity contribution in [1.29, 1.82) is 0 Å². The molecule has 2 aromatic heterocycles. The zero-order chi connectivity index (χ0) is 17.5. The average molecular weight is 379 g/mol. The molecule has 2 aliphatic rings. The molecule has 2 saturated heterocycles. The molecule has 9 heteroatoms. The number of carbonyl (C=O) groups is 1. The lowest BCUT2D eigenvalue weighted by atomic mass is 9.83. The predicted molar refractivity (Wildman–Crippen MR) is 92.4 cm³/mol. The van der Waals surface area contributed by atoms with Crippen LogP contribution in [0.15, 0.2) is 35.3 Å². The maximum Gasteiger partial charge on any atom is 0.273 e. The molecule has 1 amide bonds. The van der Waals surface area contributed by atoms with E-state index < -0.39 is 14.6 Å².